The molecule has 2 aromatic rings. The molecule has 0 atom stereocenters. The summed E-state index contributed by atoms with van der Waals surface area (Å²) in [5.74, 6) is 1.28. The second-order valence-corrected chi connectivity index (χ2v) is 10.8. The molecule has 2 aliphatic rings. The van der Waals surface area contributed by atoms with Crippen LogP contribution in [-0.2, 0) is 10.4 Å². The first kappa shape index (κ1) is 26.8. The summed E-state index contributed by atoms with van der Waals surface area (Å²) in [6.07, 6.45) is 11.5. The molecule has 0 bridgehead atoms. The van der Waals surface area contributed by atoms with Gasteiger partial charge in [-0.1, -0.05) is 79.9 Å². The number of likely N-dealkylation sites (tertiary alicyclic amines) is 1. The quantitative estimate of drug-likeness (QED) is 0.377. The summed E-state index contributed by atoms with van der Waals surface area (Å²) in [6, 6.07) is 18.7. The summed E-state index contributed by atoms with van der Waals surface area (Å²) in [5.41, 5.74) is -0.407. The molecule has 1 aliphatic heterocycles. The molecule has 0 unspecified atom stereocenters. The van der Waals surface area contributed by atoms with Crippen molar-refractivity contribution in [1.82, 2.24) is 15.5 Å². The summed E-state index contributed by atoms with van der Waals surface area (Å²) in [6.45, 7) is 5.79. The normalized spacial score (nSPS) is 17.9. The maximum atomic E-state index is 13.7. The average Bonchev–Trinajstić information content (AvgIpc) is 2.95. The Bertz CT molecular complexity index is 851. The molecule has 196 valence electrons. The van der Waals surface area contributed by atoms with E-state index in [1.807, 2.05) is 65.6 Å². The van der Waals surface area contributed by atoms with E-state index in [0.29, 0.717) is 30.1 Å². The minimum absolute atomic E-state index is 0.216. The van der Waals surface area contributed by atoms with Gasteiger partial charge in [-0.2, -0.15) is 0 Å². The van der Waals surface area contributed by atoms with Gasteiger partial charge in [-0.05, 0) is 87.7 Å². The molecule has 2 aromatic carbocycles. The Morgan fingerprint density at radius 3 is 1.72 bits per heavy atom. The van der Waals surface area contributed by atoms with Crippen LogP contribution in [0.25, 0.3) is 0 Å². The molecule has 1 amide bonds. The third-order valence-electron chi connectivity index (χ3n) is 8.14. The van der Waals surface area contributed by atoms with Gasteiger partial charge in [0.15, 0.2) is 5.60 Å². The molecule has 0 aromatic heterocycles. The number of hydrogen-bond donors (Lipinski definition) is 3. The van der Waals surface area contributed by atoms with E-state index in [2.05, 4.69) is 10.6 Å². The molecule has 5 nitrogen and oxygen atoms in total. The fourth-order valence-electron chi connectivity index (χ4n) is 5.84. The van der Waals surface area contributed by atoms with Crippen molar-refractivity contribution in [2.45, 2.75) is 63.4 Å². The van der Waals surface area contributed by atoms with Crippen molar-refractivity contribution in [2.75, 3.05) is 39.3 Å². The van der Waals surface area contributed by atoms with Gasteiger partial charge in [-0.3, -0.25) is 4.79 Å². The molecule has 1 saturated carbocycles. The van der Waals surface area contributed by atoms with Gasteiger partial charge in [0.1, 0.15) is 0 Å². The first-order valence-electron chi connectivity index (χ1n) is 14.2. The summed E-state index contributed by atoms with van der Waals surface area (Å²) in [7, 11) is 0. The van der Waals surface area contributed by atoms with E-state index in [1.54, 1.807) is 0 Å². The second kappa shape index (κ2) is 13.9. The summed E-state index contributed by atoms with van der Waals surface area (Å²) in [4.78, 5) is 15.5. The molecule has 3 N–H and O–H groups in total. The molecule has 36 heavy (non-hydrogen) atoms. The monoisotopic (exact) mass is 491 g/mol. The van der Waals surface area contributed by atoms with Crippen LogP contribution < -0.4 is 10.6 Å². The Kier molecular flexibility index (Phi) is 10.4. The van der Waals surface area contributed by atoms with Gasteiger partial charge in [0.25, 0.3) is 5.91 Å². The van der Waals surface area contributed by atoms with E-state index in [4.69, 9.17) is 0 Å². The van der Waals surface area contributed by atoms with Crippen molar-refractivity contribution in [3.63, 3.8) is 0 Å². The van der Waals surface area contributed by atoms with E-state index in [1.165, 1.54) is 51.5 Å². The van der Waals surface area contributed by atoms with Gasteiger partial charge >= 0.3 is 0 Å². The maximum absolute atomic E-state index is 13.7. The van der Waals surface area contributed by atoms with Crippen LogP contribution in [0.4, 0.5) is 0 Å². The van der Waals surface area contributed by atoms with Crippen LogP contribution >= 0.6 is 0 Å². The van der Waals surface area contributed by atoms with Gasteiger partial charge in [0.05, 0.1) is 0 Å². The fraction of sp³-hybridized carbons (Fsp3) is 0.581. The van der Waals surface area contributed by atoms with Crippen molar-refractivity contribution in [1.29, 1.82) is 0 Å². The van der Waals surface area contributed by atoms with Crippen molar-refractivity contribution in [2.24, 2.45) is 11.8 Å². The molecule has 0 radical (unpaired) electrons. The maximum Gasteiger partial charge on any atom is 0.263 e. The SMILES string of the molecule is O=C(N1CCC(CNCCCCNCC2CCCCC2)CC1)C(O)(c1ccccc1)c1ccccc1. The summed E-state index contributed by atoms with van der Waals surface area (Å²) in [5, 5.41) is 19.1. The first-order valence-corrected chi connectivity index (χ1v) is 14.2. The van der Waals surface area contributed by atoms with E-state index in [-0.39, 0.29) is 5.91 Å². The number of rotatable bonds is 12. The van der Waals surface area contributed by atoms with Crippen LogP contribution in [0.1, 0.15) is 68.9 Å². The lowest BCUT2D eigenvalue weighted by Crippen LogP contribution is -2.51. The number of amides is 1. The van der Waals surface area contributed by atoms with Crippen molar-refractivity contribution in [3.05, 3.63) is 71.8 Å². The predicted octanol–water partition coefficient (Wildman–Crippen LogP) is 4.70. The Balaban J connectivity index is 1.17. The lowest BCUT2D eigenvalue weighted by Gasteiger charge is -2.38. The number of nitrogens with one attached hydrogen (secondary N) is 2. The Hall–Kier alpha value is -2.21. The number of unbranched alkanes of at least 4 members (excludes halogenated alkanes) is 1. The summed E-state index contributed by atoms with van der Waals surface area (Å²) >= 11 is 0. The molecular formula is C31H45N3O2. The lowest BCUT2D eigenvalue weighted by molar-refractivity contribution is -0.149. The number of aliphatic hydroxyl groups is 1. The van der Waals surface area contributed by atoms with Crippen LogP contribution in [0.5, 0.6) is 0 Å². The number of hydrogen-bond acceptors (Lipinski definition) is 4. The topological polar surface area (TPSA) is 64.6 Å². The highest BCUT2D eigenvalue weighted by Crippen LogP contribution is 2.33. The minimum atomic E-state index is -1.65. The van der Waals surface area contributed by atoms with Gasteiger partial charge in [0, 0.05) is 13.1 Å². The fourth-order valence-corrected chi connectivity index (χ4v) is 5.84. The number of benzene rings is 2. The lowest BCUT2D eigenvalue weighted by atomic mass is 9.84. The zero-order valence-electron chi connectivity index (χ0n) is 21.8. The van der Waals surface area contributed by atoms with Crippen molar-refractivity contribution < 1.29 is 9.90 Å². The average molecular weight is 492 g/mol. The second-order valence-electron chi connectivity index (χ2n) is 10.8. The smallest absolute Gasteiger partial charge is 0.263 e. The number of carbonyl (C=O) groups excluding carboxylic acids is 1. The van der Waals surface area contributed by atoms with E-state index in [0.717, 1.165) is 38.4 Å². The predicted molar refractivity (Wildman–Crippen MR) is 147 cm³/mol. The largest absolute Gasteiger partial charge is 0.372 e. The molecule has 2 fully saturated rings. The Labute approximate surface area is 217 Å². The first-order chi connectivity index (χ1) is 17.7. The molecule has 0 spiro atoms. The van der Waals surface area contributed by atoms with E-state index < -0.39 is 5.60 Å². The Morgan fingerprint density at radius 2 is 1.22 bits per heavy atom. The third kappa shape index (κ3) is 7.18. The molecule has 1 heterocycles. The van der Waals surface area contributed by atoms with Crippen LogP contribution in [0.15, 0.2) is 60.7 Å². The van der Waals surface area contributed by atoms with Crippen molar-refractivity contribution >= 4 is 5.91 Å². The minimum Gasteiger partial charge on any atom is -0.372 e. The molecule has 1 saturated heterocycles. The molecule has 1 aliphatic carbocycles. The van der Waals surface area contributed by atoms with E-state index >= 15 is 0 Å². The molecule has 5 heteroatoms. The van der Waals surface area contributed by atoms with Gasteiger partial charge < -0.3 is 20.6 Å². The van der Waals surface area contributed by atoms with Gasteiger partial charge in [0.2, 0.25) is 0 Å². The van der Waals surface area contributed by atoms with Crippen LogP contribution in [0, 0.1) is 11.8 Å². The zero-order valence-corrected chi connectivity index (χ0v) is 21.8. The van der Waals surface area contributed by atoms with Gasteiger partial charge in [-0.25, -0.2) is 0 Å². The zero-order chi connectivity index (χ0) is 25.1. The standard InChI is InChI=1S/C31H45N3O2/c35-30(31(36,28-14-6-2-7-15-28)29-16-8-3-9-17-29)34-22-18-27(19-23-34)25-33-21-11-10-20-32-24-26-12-4-1-5-13-26/h2-3,6-9,14-17,26-27,32-33,36H,1,4-5,10-13,18-25H2. The van der Waals surface area contributed by atoms with Gasteiger partial charge in [-0.15, -0.1) is 0 Å². The summed E-state index contributed by atoms with van der Waals surface area (Å²) < 4.78 is 0. The highest BCUT2D eigenvalue weighted by atomic mass is 16.3. The van der Waals surface area contributed by atoms with Crippen LogP contribution in [0.2, 0.25) is 0 Å². The molecule has 4 rings (SSSR count). The third-order valence-corrected chi connectivity index (χ3v) is 8.14. The van der Waals surface area contributed by atoms with Crippen LogP contribution in [-0.4, -0.2) is 55.2 Å². The number of piperidine rings is 1. The van der Waals surface area contributed by atoms with E-state index in [9.17, 15) is 9.90 Å². The highest BCUT2D eigenvalue weighted by molar-refractivity contribution is 5.90. The molecular weight excluding hydrogens is 446 g/mol. The highest BCUT2D eigenvalue weighted by Gasteiger charge is 2.43. The number of nitrogens with zero attached hydrogens (tertiary/aromatic N) is 1. The number of carbonyl (C=O) groups is 1. The van der Waals surface area contributed by atoms with Crippen molar-refractivity contribution in [3.8, 4) is 0 Å². The van der Waals surface area contributed by atoms with Crippen LogP contribution in [0.3, 0.4) is 0 Å². The Morgan fingerprint density at radius 1 is 0.750 bits per heavy atom.